The summed E-state index contributed by atoms with van der Waals surface area (Å²) in [7, 11) is 1.32. The van der Waals surface area contributed by atoms with Crippen LogP contribution in [0.15, 0.2) is 23.6 Å². The maximum atomic E-state index is 12.8. The van der Waals surface area contributed by atoms with Crippen molar-refractivity contribution in [3.8, 4) is 0 Å². The van der Waals surface area contributed by atoms with Gasteiger partial charge >= 0.3 is 12.0 Å². The number of esters is 1. The van der Waals surface area contributed by atoms with E-state index in [9.17, 15) is 9.59 Å². The first-order valence-electron chi connectivity index (χ1n) is 8.79. The van der Waals surface area contributed by atoms with Crippen LogP contribution in [0, 0.1) is 6.92 Å². The molecule has 1 aromatic heterocycles. The molecule has 1 N–H and O–H groups in total. The Balaban J connectivity index is 2.09. The average molecular weight is 410 g/mol. The van der Waals surface area contributed by atoms with Crippen molar-refractivity contribution in [2.75, 3.05) is 19.0 Å². The minimum atomic E-state index is -0.478. The minimum Gasteiger partial charge on any atom is -0.464 e. The summed E-state index contributed by atoms with van der Waals surface area (Å²) in [4.78, 5) is 30.3. The van der Waals surface area contributed by atoms with E-state index in [0.717, 1.165) is 24.8 Å². The van der Waals surface area contributed by atoms with E-state index in [1.807, 2.05) is 19.1 Å². The molecule has 27 heavy (non-hydrogen) atoms. The summed E-state index contributed by atoms with van der Waals surface area (Å²) in [5, 5.41) is 5.82. The Morgan fingerprint density at radius 3 is 2.78 bits per heavy atom. The van der Waals surface area contributed by atoms with Crippen LogP contribution >= 0.6 is 22.9 Å². The second-order valence-electron chi connectivity index (χ2n) is 6.14. The molecule has 146 valence electrons. The van der Waals surface area contributed by atoms with Crippen LogP contribution in [0.5, 0.6) is 0 Å². The molecule has 1 aromatic carbocycles. The second-order valence-corrected chi connectivity index (χ2v) is 7.49. The van der Waals surface area contributed by atoms with E-state index in [2.05, 4.69) is 22.0 Å². The number of aromatic nitrogens is 1. The number of rotatable bonds is 8. The van der Waals surface area contributed by atoms with Crippen LogP contribution in [-0.4, -0.2) is 35.5 Å². The van der Waals surface area contributed by atoms with Crippen molar-refractivity contribution in [2.45, 2.75) is 39.7 Å². The molecule has 0 spiro atoms. The molecule has 2 aromatic rings. The van der Waals surface area contributed by atoms with Gasteiger partial charge < -0.3 is 15.0 Å². The highest BCUT2D eigenvalue weighted by Crippen LogP contribution is 2.21. The van der Waals surface area contributed by atoms with E-state index < -0.39 is 5.97 Å². The third kappa shape index (κ3) is 6.22. The molecule has 0 saturated carbocycles. The predicted octanol–water partition coefficient (Wildman–Crippen LogP) is 5.12. The summed E-state index contributed by atoms with van der Waals surface area (Å²) in [5.74, 6) is -0.478. The van der Waals surface area contributed by atoms with Gasteiger partial charge in [0, 0.05) is 22.6 Å². The Hall–Kier alpha value is -2.12. The molecular weight excluding hydrogens is 386 g/mol. The molecule has 6 nitrogen and oxygen atoms in total. The van der Waals surface area contributed by atoms with E-state index >= 15 is 0 Å². The maximum Gasteiger partial charge on any atom is 0.357 e. The number of hydrogen-bond donors (Lipinski definition) is 1. The molecule has 2 amide bonds. The van der Waals surface area contributed by atoms with Crippen LogP contribution in [0.2, 0.25) is 5.02 Å². The van der Waals surface area contributed by atoms with Gasteiger partial charge in [-0.25, -0.2) is 14.6 Å². The van der Waals surface area contributed by atoms with Crippen molar-refractivity contribution in [1.82, 2.24) is 9.88 Å². The zero-order valence-corrected chi connectivity index (χ0v) is 17.3. The number of methoxy groups -OCH3 is 1. The lowest BCUT2D eigenvalue weighted by Gasteiger charge is -2.22. The average Bonchev–Trinajstić information content (AvgIpc) is 3.12. The fraction of sp³-hybridized carbons (Fsp3) is 0.421. The van der Waals surface area contributed by atoms with Crippen molar-refractivity contribution in [3.05, 3.63) is 44.9 Å². The van der Waals surface area contributed by atoms with Gasteiger partial charge in [-0.1, -0.05) is 37.4 Å². The number of hydrogen-bond acceptors (Lipinski definition) is 5. The number of carbonyl (C=O) groups is 2. The molecule has 0 fully saturated rings. The Morgan fingerprint density at radius 1 is 1.33 bits per heavy atom. The summed E-state index contributed by atoms with van der Waals surface area (Å²) in [6.07, 6.45) is 2.99. The number of amides is 2. The number of aryl methyl sites for hydroxylation is 1. The normalized spacial score (nSPS) is 10.5. The zero-order valence-electron chi connectivity index (χ0n) is 15.8. The highest BCUT2D eigenvalue weighted by Gasteiger charge is 2.18. The second kappa shape index (κ2) is 10.3. The molecule has 8 heteroatoms. The summed E-state index contributed by atoms with van der Waals surface area (Å²) in [6.45, 7) is 4.96. The molecule has 2 rings (SSSR count). The molecule has 0 saturated heterocycles. The van der Waals surface area contributed by atoms with Gasteiger partial charge in [0.1, 0.15) is 5.01 Å². The van der Waals surface area contributed by atoms with Crippen LogP contribution in [-0.2, 0) is 11.3 Å². The lowest BCUT2D eigenvalue weighted by atomic mass is 10.2. The van der Waals surface area contributed by atoms with Crippen molar-refractivity contribution >= 4 is 40.6 Å². The number of urea groups is 1. The Bertz CT molecular complexity index is 794. The van der Waals surface area contributed by atoms with Crippen LogP contribution in [0.4, 0.5) is 10.5 Å². The fourth-order valence-corrected chi connectivity index (χ4v) is 3.38. The number of benzene rings is 1. The first kappa shape index (κ1) is 21.2. The number of thiazole rings is 1. The molecule has 0 radical (unpaired) electrons. The first-order valence-corrected chi connectivity index (χ1v) is 10.0. The predicted molar refractivity (Wildman–Crippen MR) is 109 cm³/mol. The third-order valence-corrected chi connectivity index (χ3v) is 5.26. The Labute approximate surface area is 168 Å². The number of unbranched alkanes of at least 4 members (excludes halogenated alkanes) is 2. The summed E-state index contributed by atoms with van der Waals surface area (Å²) in [5.41, 5.74) is 1.86. The molecule has 0 atom stereocenters. The van der Waals surface area contributed by atoms with Crippen LogP contribution < -0.4 is 5.32 Å². The third-order valence-electron chi connectivity index (χ3n) is 4.01. The van der Waals surface area contributed by atoms with E-state index in [0.29, 0.717) is 28.8 Å². The molecule has 0 aliphatic carbocycles. The molecule has 0 aliphatic heterocycles. The number of nitrogens with one attached hydrogen (secondary N) is 1. The minimum absolute atomic E-state index is 0.221. The van der Waals surface area contributed by atoms with Gasteiger partial charge in [0.2, 0.25) is 0 Å². The number of ether oxygens (including phenoxy) is 1. The summed E-state index contributed by atoms with van der Waals surface area (Å²) >= 11 is 7.47. The molecular formula is C19H24ClN3O3S. The fourth-order valence-electron chi connectivity index (χ4n) is 2.42. The highest BCUT2D eigenvalue weighted by atomic mass is 35.5. The quantitative estimate of drug-likeness (QED) is 0.485. The Kier molecular flexibility index (Phi) is 8.06. The maximum absolute atomic E-state index is 12.8. The van der Waals surface area contributed by atoms with Gasteiger partial charge in [-0.3, -0.25) is 0 Å². The first-order chi connectivity index (χ1) is 12.9. The van der Waals surface area contributed by atoms with Crippen molar-refractivity contribution < 1.29 is 14.3 Å². The van der Waals surface area contributed by atoms with Crippen LogP contribution in [0.25, 0.3) is 0 Å². The SMILES string of the molecule is CCCCCN(Cc1nc(C(=O)OC)cs1)C(=O)Nc1ccc(C)c(Cl)c1. The van der Waals surface area contributed by atoms with Gasteiger partial charge in [0.05, 0.1) is 13.7 Å². The van der Waals surface area contributed by atoms with Gasteiger partial charge in [-0.15, -0.1) is 11.3 Å². The number of anilines is 1. The zero-order chi connectivity index (χ0) is 19.8. The lowest BCUT2D eigenvalue weighted by molar-refractivity contribution is 0.0594. The van der Waals surface area contributed by atoms with Crippen molar-refractivity contribution in [3.63, 3.8) is 0 Å². The number of halogens is 1. The van der Waals surface area contributed by atoms with Crippen LogP contribution in [0.3, 0.4) is 0 Å². The topological polar surface area (TPSA) is 71.5 Å². The number of nitrogens with zero attached hydrogens (tertiary/aromatic N) is 2. The van der Waals surface area contributed by atoms with E-state index in [4.69, 9.17) is 11.6 Å². The lowest BCUT2D eigenvalue weighted by Crippen LogP contribution is -2.35. The van der Waals surface area contributed by atoms with Gasteiger partial charge in [0.25, 0.3) is 0 Å². The summed E-state index contributed by atoms with van der Waals surface area (Å²) in [6, 6.07) is 5.20. The van der Waals surface area contributed by atoms with E-state index in [1.54, 1.807) is 16.3 Å². The van der Waals surface area contributed by atoms with Crippen LogP contribution in [0.1, 0.15) is 47.2 Å². The molecule has 1 heterocycles. The standard InChI is InChI=1S/C19H24ClN3O3S/c1-4-5-6-9-23(11-17-22-16(12-27-17)18(24)26-3)19(25)21-14-8-7-13(2)15(20)10-14/h7-8,10,12H,4-6,9,11H2,1-3H3,(H,21,25). The molecule has 0 bridgehead atoms. The Morgan fingerprint density at radius 2 is 2.11 bits per heavy atom. The molecule has 0 aliphatic rings. The van der Waals surface area contributed by atoms with Gasteiger partial charge in [0.15, 0.2) is 5.69 Å². The highest BCUT2D eigenvalue weighted by molar-refractivity contribution is 7.09. The smallest absolute Gasteiger partial charge is 0.357 e. The summed E-state index contributed by atoms with van der Waals surface area (Å²) < 4.78 is 4.68. The monoisotopic (exact) mass is 409 g/mol. The van der Waals surface area contributed by atoms with Gasteiger partial charge in [-0.2, -0.15) is 0 Å². The largest absolute Gasteiger partial charge is 0.464 e. The van der Waals surface area contributed by atoms with Crippen molar-refractivity contribution in [1.29, 1.82) is 0 Å². The van der Waals surface area contributed by atoms with Crippen molar-refractivity contribution in [2.24, 2.45) is 0 Å². The van der Waals surface area contributed by atoms with E-state index in [-0.39, 0.29) is 11.7 Å². The van der Waals surface area contributed by atoms with E-state index in [1.165, 1.54) is 18.4 Å². The van der Waals surface area contributed by atoms with Gasteiger partial charge in [-0.05, 0) is 31.0 Å². The number of carbonyl (C=O) groups excluding carboxylic acids is 2. The molecule has 0 unspecified atom stereocenters.